The summed E-state index contributed by atoms with van der Waals surface area (Å²) in [5, 5.41) is 18.3. The average molecular weight is 290 g/mol. The number of H-pyrrole nitrogens is 1. The topological polar surface area (TPSA) is 78.0 Å². The summed E-state index contributed by atoms with van der Waals surface area (Å²) >= 11 is 3.18. The maximum atomic E-state index is 11.3. The van der Waals surface area contributed by atoms with E-state index in [0.717, 1.165) is 6.42 Å². The summed E-state index contributed by atoms with van der Waals surface area (Å²) in [6.45, 7) is 4.18. The largest absolute Gasteiger partial charge is 0.394 e. The van der Waals surface area contributed by atoms with Crippen molar-refractivity contribution in [2.45, 2.75) is 26.3 Å². The van der Waals surface area contributed by atoms with Crippen LogP contribution >= 0.6 is 15.9 Å². The van der Waals surface area contributed by atoms with Crippen LogP contribution < -0.4 is 10.9 Å². The van der Waals surface area contributed by atoms with Crippen molar-refractivity contribution < 1.29 is 5.11 Å². The van der Waals surface area contributed by atoms with E-state index in [1.165, 1.54) is 6.20 Å². The zero-order valence-corrected chi connectivity index (χ0v) is 10.9. The van der Waals surface area contributed by atoms with Gasteiger partial charge in [-0.15, -0.1) is 0 Å². The maximum absolute atomic E-state index is 11.3. The number of halogens is 1. The molecule has 1 aromatic heterocycles. The standard InChI is InChI=1S/C10H16BrN3O2/c1-6(2)3-7(5-15)13-8-4-12-14-10(16)9(8)11/h4,6-7,15H,3,5H2,1-2H3,(H2,13,14,16). The fourth-order valence-electron chi connectivity index (χ4n) is 1.45. The fraction of sp³-hybridized carbons (Fsp3) is 0.600. The van der Waals surface area contributed by atoms with Gasteiger partial charge in [-0.3, -0.25) is 4.79 Å². The second-order valence-electron chi connectivity index (χ2n) is 4.08. The minimum absolute atomic E-state index is 0.0252. The van der Waals surface area contributed by atoms with Crippen LogP contribution in [0.4, 0.5) is 5.69 Å². The van der Waals surface area contributed by atoms with E-state index in [9.17, 15) is 9.90 Å². The van der Waals surface area contributed by atoms with Crippen LogP contribution in [0.5, 0.6) is 0 Å². The number of hydrogen-bond acceptors (Lipinski definition) is 4. The van der Waals surface area contributed by atoms with Crippen molar-refractivity contribution in [2.24, 2.45) is 5.92 Å². The molecule has 16 heavy (non-hydrogen) atoms. The first-order valence-electron chi connectivity index (χ1n) is 5.15. The van der Waals surface area contributed by atoms with Gasteiger partial charge in [-0.2, -0.15) is 5.10 Å². The third kappa shape index (κ3) is 3.61. The Morgan fingerprint density at radius 2 is 2.31 bits per heavy atom. The van der Waals surface area contributed by atoms with E-state index >= 15 is 0 Å². The average Bonchev–Trinajstić information content (AvgIpc) is 2.23. The van der Waals surface area contributed by atoms with Gasteiger partial charge in [0, 0.05) is 6.04 Å². The molecule has 0 spiro atoms. The Morgan fingerprint density at radius 1 is 1.62 bits per heavy atom. The number of aliphatic hydroxyl groups excluding tert-OH is 1. The third-order valence-electron chi connectivity index (χ3n) is 2.13. The monoisotopic (exact) mass is 289 g/mol. The molecule has 0 aliphatic carbocycles. The lowest BCUT2D eigenvalue weighted by Gasteiger charge is -2.19. The maximum Gasteiger partial charge on any atom is 0.280 e. The van der Waals surface area contributed by atoms with Crippen LogP contribution in [-0.2, 0) is 0 Å². The van der Waals surface area contributed by atoms with E-state index < -0.39 is 0 Å². The van der Waals surface area contributed by atoms with Crippen LogP contribution in [0.15, 0.2) is 15.5 Å². The Labute approximate surface area is 102 Å². The predicted octanol–water partition coefficient (Wildman–Crippen LogP) is 1.35. The highest BCUT2D eigenvalue weighted by atomic mass is 79.9. The van der Waals surface area contributed by atoms with Crippen molar-refractivity contribution in [3.8, 4) is 0 Å². The molecule has 0 aromatic carbocycles. The second-order valence-corrected chi connectivity index (χ2v) is 4.87. The first kappa shape index (κ1) is 13.2. The van der Waals surface area contributed by atoms with E-state index in [0.29, 0.717) is 16.1 Å². The Balaban J connectivity index is 2.78. The Hall–Kier alpha value is -0.880. The van der Waals surface area contributed by atoms with Gasteiger partial charge in [0.1, 0.15) is 4.47 Å². The van der Waals surface area contributed by atoms with Crippen LogP contribution in [0.1, 0.15) is 20.3 Å². The van der Waals surface area contributed by atoms with Gasteiger partial charge in [-0.05, 0) is 28.3 Å². The number of rotatable bonds is 5. The lowest BCUT2D eigenvalue weighted by Crippen LogP contribution is -2.27. The van der Waals surface area contributed by atoms with Gasteiger partial charge in [-0.1, -0.05) is 13.8 Å². The van der Waals surface area contributed by atoms with Gasteiger partial charge >= 0.3 is 0 Å². The molecule has 1 atom stereocenters. The van der Waals surface area contributed by atoms with Crippen molar-refractivity contribution in [3.63, 3.8) is 0 Å². The van der Waals surface area contributed by atoms with Gasteiger partial charge in [0.05, 0.1) is 18.5 Å². The molecule has 0 fully saturated rings. The van der Waals surface area contributed by atoms with Gasteiger partial charge in [0.25, 0.3) is 5.56 Å². The first-order valence-corrected chi connectivity index (χ1v) is 5.94. The number of anilines is 1. The van der Waals surface area contributed by atoms with Gasteiger partial charge in [0.2, 0.25) is 0 Å². The van der Waals surface area contributed by atoms with Crippen LogP contribution in [0.25, 0.3) is 0 Å². The van der Waals surface area contributed by atoms with Crippen LogP contribution in [0.3, 0.4) is 0 Å². The summed E-state index contributed by atoms with van der Waals surface area (Å²) in [7, 11) is 0. The molecule has 0 saturated carbocycles. The van der Waals surface area contributed by atoms with Crippen molar-refractivity contribution >= 4 is 21.6 Å². The Kier molecular flexibility index (Phi) is 4.95. The Morgan fingerprint density at radius 3 is 2.88 bits per heavy atom. The molecular weight excluding hydrogens is 274 g/mol. The molecule has 1 aromatic rings. The van der Waals surface area contributed by atoms with Crippen LogP contribution in [0, 0.1) is 5.92 Å². The minimum Gasteiger partial charge on any atom is -0.394 e. The molecule has 1 unspecified atom stereocenters. The molecule has 6 heteroatoms. The normalized spacial score (nSPS) is 12.8. The van der Waals surface area contributed by atoms with E-state index in [4.69, 9.17) is 0 Å². The predicted molar refractivity (Wildman–Crippen MR) is 66.5 cm³/mol. The Bertz CT molecular complexity index is 392. The second kappa shape index (κ2) is 6.00. The highest BCUT2D eigenvalue weighted by molar-refractivity contribution is 9.10. The minimum atomic E-state index is -0.286. The summed E-state index contributed by atoms with van der Waals surface area (Å²) in [5.41, 5.74) is 0.315. The van der Waals surface area contributed by atoms with Crippen molar-refractivity contribution in [1.82, 2.24) is 10.2 Å². The van der Waals surface area contributed by atoms with E-state index in [1.807, 2.05) is 0 Å². The van der Waals surface area contributed by atoms with Crippen molar-refractivity contribution in [3.05, 3.63) is 21.0 Å². The fourth-order valence-corrected chi connectivity index (χ4v) is 1.76. The van der Waals surface area contributed by atoms with Crippen molar-refractivity contribution in [1.29, 1.82) is 0 Å². The molecule has 0 aliphatic rings. The number of nitrogens with one attached hydrogen (secondary N) is 2. The molecule has 0 aliphatic heterocycles. The highest BCUT2D eigenvalue weighted by Gasteiger charge is 2.12. The molecule has 1 heterocycles. The summed E-state index contributed by atoms with van der Waals surface area (Å²) in [6, 6.07) is -0.0695. The molecule has 0 saturated heterocycles. The molecule has 0 radical (unpaired) electrons. The molecule has 1 rings (SSSR count). The summed E-state index contributed by atoms with van der Waals surface area (Å²) < 4.78 is 0.407. The van der Waals surface area contributed by atoms with Crippen LogP contribution in [-0.4, -0.2) is 28.0 Å². The number of aromatic nitrogens is 2. The van der Waals surface area contributed by atoms with E-state index in [1.54, 1.807) is 0 Å². The molecule has 5 nitrogen and oxygen atoms in total. The first-order chi connectivity index (χ1) is 7.54. The van der Waals surface area contributed by atoms with E-state index in [-0.39, 0.29) is 18.2 Å². The van der Waals surface area contributed by atoms with Gasteiger partial charge in [-0.25, -0.2) is 5.10 Å². The zero-order chi connectivity index (χ0) is 12.1. The number of aromatic amines is 1. The molecule has 90 valence electrons. The number of nitrogens with zero attached hydrogens (tertiary/aromatic N) is 1. The summed E-state index contributed by atoms with van der Waals surface area (Å²) in [5.74, 6) is 0.471. The zero-order valence-electron chi connectivity index (χ0n) is 9.33. The smallest absolute Gasteiger partial charge is 0.280 e. The number of hydrogen-bond donors (Lipinski definition) is 3. The molecular formula is C10H16BrN3O2. The molecule has 0 amide bonds. The highest BCUT2D eigenvalue weighted by Crippen LogP contribution is 2.18. The lowest BCUT2D eigenvalue weighted by molar-refractivity contribution is 0.259. The van der Waals surface area contributed by atoms with E-state index in [2.05, 4.69) is 45.3 Å². The van der Waals surface area contributed by atoms with Crippen molar-refractivity contribution in [2.75, 3.05) is 11.9 Å². The quantitative estimate of drug-likeness (QED) is 0.765. The summed E-state index contributed by atoms with van der Waals surface area (Å²) in [6.07, 6.45) is 2.35. The van der Waals surface area contributed by atoms with Crippen LogP contribution in [0.2, 0.25) is 0 Å². The van der Waals surface area contributed by atoms with Gasteiger partial charge < -0.3 is 10.4 Å². The molecule has 3 N–H and O–H groups in total. The SMILES string of the molecule is CC(C)CC(CO)Nc1cn[nH]c(=O)c1Br. The third-order valence-corrected chi connectivity index (χ3v) is 2.92. The van der Waals surface area contributed by atoms with Gasteiger partial charge in [0.15, 0.2) is 0 Å². The molecule has 0 bridgehead atoms. The number of aliphatic hydroxyl groups is 1. The lowest BCUT2D eigenvalue weighted by atomic mass is 10.0. The summed E-state index contributed by atoms with van der Waals surface area (Å²) in [4.78, 5) is 11.3.